The first kappa shape index (κ1) is 13.1. The van der Waals surface area contributed by atoms with E-state index in [9.17, 15) is 0 Å². The molecule has 2 heterocycles. The van der Waals surface area contributed by atoms with Gasteiger partial charge in [0.1, 0.15) is 5.60 Å². The van der Waals surface area contributed by atoms with Crippen LogP contribution in [0.1, 0.15) is 63.1 Å². The molecule has 1 aliphatic heterocycles. The van der Waals surface area contributed by atoms with Gasteiger partial charge in [-0.1, -0.05) is 5.16 Å². The molecule has 2 fully saturated rings. The maximum Gasteiger partial charge on any atom is 0.231 e. The smallest absolute Gasteiger partial charge is 0.231 e. The van der Waals surface area contributed by atoms with Crippen molar-refractivity contribution in [3.8, 4) is 0 Å². The highest BCUT2D eigenvalue weighted by Crippen LogP contribution is 2.41. The third kappa shape index (κ3) is 2.54. The topological polar surface area (TPSA) is 60.2 Å². The summed E-state index contributed by atoms with van der Waals surface area (Å²) in [7, 11) is 0. The Balaban J connectivity index is 1.79. The van der Waals surface area contributed by atoms with Crippen molar-refractivity contribution in [3.05, 3.63) is 11.7 Å². The van der Waals surface area contributed by atoms with Crippen LogP contribution < -0.4 is 5.32 Å². The molecule has 0 radical (unpaired) electrons. The van der Waals surface area contributed by atoms with Gasteiger partial charge in [-0.15, -0.1) is 0 Å². The highest BCUT2D eigenvalue weighted by Gasteiger charge is 2.41. The second-order valence-corrected chi connectivity index (χ2v) is 5.63. The van der Waals surface area contributed by atoms with Gasteiger partial charge in [-0.2, -0.15) is 4.98 Å². The SMILES string of the molecule is CCOC1(c2noc([C@@H]3CCCNC3)n2)CCCC1. The predicted octanol–water partition coefficient (Wildman–Crippen LogP) is 2.34. The van der Waals surface area contributed by atoms with Gasteiger partial charge >= 0.3 is 0 Å². The van der Waals surface area contributed by atoms with E-state index in [4.69, 9.17) is 9.26 Å². The van der Waals surface area contributed by atoms with Crippen LogP contribution in [-0.4, -0.2) is 29.8 Å². The van der Waals surface area contributed by atoms with Crippen molar-refractivity contribution in [2.24, 2.45) is 0 Å². The Hall–Kier alpha value is -0.940. The van der Waals surface area contributed by atoms with Crippen molar-refractivity contribution in [3.63, 3.8) is 0 Å². The number of aromatic nitrogens is 2. The molecular formula is C14H23N3O2. The van der Waals surface area contributed by atoms with Crippen molar-refractivity contribution in [2.75, 3.05) is 19.7 Å². The lowest BCUT2D eigenvalue weighted by Gasteiger charge is -2.24. The fraction of sp³-hybridized carbons (Fsp3) is 0.857. The summed E-state index contributed by atoms with van der Waals surface area (Å²) in [6, 6.07) is 0. The first-order valence-corrected chi connectivity index (χ1v) is 7.53. The third-order valence-corrected chi connectivity index (χ3v) is 4.33. The van der Waals surface area contributed by atoms with Gasteiger partial charge in [0.25, 0.3) is 0 Å². The van der Waals surface area contributed by atoms with E-state index in [1.165, 1.54) is 19.3 Å². The first-order chi connectivity index (χ1) is 9.34. The van der Waals surface area contributed by atoms with Gasteiger partial charge in [-0.05, 0) is 52.0 Å². The van der Waals surface area contributed by atoms with E-state index in [0.29, 0.717) is 12.5 Å². The molecule has 106 valence electrons. The molecule has 1 aliphatic carbocycles. The van der Waals surface area contributed by atoms with Gasteiger partial charge in [0, 0.05) is 13.2 Å². The van der Waals surface area contributed by atoms with Crippen LogP contribution in [0.15, 0.2) is 4.52 Å². The summed E-state index contributed by atoms with van der Waals surface area (Å²) in [5.74, 6) is 1.93. The van der Waals surface area contributed by atoms with Crippen LogP contribution in [0.3, 0.4) is 0 Å². The molecule has 0 amide bonds. The molecule has 1 N–H and O–H groups in total. The third-order valence-electron chi connectivity index (χ3n) is 4.33. The molecule has 2 aliphatic rings. The number of nitrogens with one attached hydrogen (secondary N) is 1. The fourth-order valence-corrected chi connectivity index (χ4v) is 3.30. The van der Waals surface area contributed by atoms with Gasteiger partial charge in [0.2, 0.25) is 11.7 Å². The summed E-state index contributed by atoms with van der Waals surface area (Å²) in [5, 5.41) is 7.61. The molecule has 1 atom stereocenters. The minimum atomic E-state index is -0.279. The molecule has 1 aromatic heterocycles. The second kappa shape index (κ2) is 5.59. The molecule has 0 unspecified atom stereocenters. The molecular weight excluding hydrogens is 242 g/mol. The summed E-state index contributed by atoms with van der Waals surface area (Å²) >= 11 is 0. The monoisotopic (exact) mass is 265 g/mol. The largest absolute Gasteiger partial charge is 0.367 e. The van der Waals surface area contributed by atoms with Gasteiger partial charge in [0.15, 0.2) is 0 Å². The standard InChI is InChI=1S/C14H23N3O2/c1-2-18-14(7-3-4-8-14)13-16-12(19-17-13)11-6-5-9-15-10-11/h11,15H,2-10H2,1H3/t11-/m1/s1. The van der Waals surface area contributed by atoms with Crippen LogP contribution in [0.2, 0.25) is 0 Å². The van der Waals surface area contributed by atoms with E-state index in [1.807, 2.05) is 6.92 Å². The molecule has 1 saturated heterocycles. The zero-order chi connectivity index (χ0) is 13.1. The van der Waals surface area contributed by atoms with E-state index in [2.05, 4.69) is 15.5 Å². The maximum atomic E-state index is 5.98. The molecule has 5 heteroatoms. The molecule has 5 nitrogen and oxygen atoms in total. The van der Waals surface area contributed by atoms with Crippen LogP contribution in [0, 0.1) is 0 Å². The highest BCUT2D eigenvalue weighted by atomic mass is 16.5. The van der Waals surface area contributed by atoms with Crippen LogP contribution in [-0.2, 0) is 10.3 Å². The number of hydrogen-bond acceptors (Lipinski definition) is 5. The summed E-state index contributed by atoms with van der Waals surface area (Å²) in [5.41, 5.74) is -0.279. The molecule has 0 spiro atoms. The van der Waals surface area contributed by atoms with Crippen LogP contribution in [0.25, 0.3) is 0 Å². The Kier molecular flexibility index (Phi) is 3.84. The van der Waals surface area contributed by atoms with Gasteiger partial charge in [-0.3, -0.25) is 0 Å². The van der Waals surface area contributed by atoms with E-state index in [1.54, 1.807) is 0 Å². The zero-order valence-electron chi connectivity index (χ0n) is 11.7. The summed E-state index contributed by atoms with van der Waals surface area (Å²) in [6.45, 7) is 4.78. The summed E-state index contributed by atoms with van der Waals surface area (Å²) in [6.07, 6.45) is 6.73. The average Bonchev–Trinajstić information content (AvgIpc) is 3.09. The Bertz CT molecular complexity index is 407. The molecule has 0 aromatic carbocycles. The normalized spacial score (nSPS) is 26.7. The number of ether oxygens (including phenoxy) is 1. The van der Waals surface area contributed by atoms with Crippen LogP contribution in [0.5, 0.6) is 0 Å². The lowest BCUT2D eigenvalue weighted by molar-refractivity contribution is -0.0469. The first-order valence-electron chi connectivity index (χ1n) is 7.53. The summed E-state index contributed by atoms with van der Waals surface area (Å²) in [4.78, 5) is 4.66. The van der Waals surface area contributed by atoms with Crippen molar-refractivity contribution in [2.45, 2.75) is 57.0 Å². The van der Waals surface area contributed by atoms with Gasteiger partial charge in [-0.25, -0.2) is 0 Å². The number of rotatable bonds is 4. The van der Waals surface area contributed by atoms with E-state index >= 15 is 0 Å². The average molecular weight is 265 g/mol. The predicted molar refractivity (Wildman–Crippen MR) is 70.9 cm³/mol. The van der Waals surface area contributed by atoms with Crippen LogP contribution in [0.4, 0.5) is 0 Å². The Morgan fingerprint density at radius 2 is 2.21 bits per heavy atom. The van der Waals surface area contributed by atoms with Crippen molar-refractivity contribution < 1.29 is 9.26 Å². The lowest BCUT2D eigenvalue weighted by Crippen LogP contribution is -2.29. The maximum absolute atomic E-state index is 5.98. The minimum Gasteiger partial charge on any atom is -0.367 e. The molecule has 3 rings (SSSR count). The number of nitrogens with zero attached hydrogens (tertiary/aromatic N) is 2. The molecule has 19 heavy (non-hydrogen) atoms. The fourth-order valence-electron chi connectivity index (χ4n) is 3.30. The minimum absolute atomic E-state index is 0.279. The Labute approximate surface area is 114 Å². The molecule has 1 aromatic rings. The highest BCUT2D eigenvalue weighted by molar-refractivity contribution is 5.07. The lowest BCUT2D eigenvalue weighted by atomic mass is 9.99. The second-order valence-electron chi connectivity index (χ2n) is 5.63. The number of hydrogen-bond donors (Lipinski definition) is 1. The van der Waals surface area contributed by atoms with Crippen molar-refractivity contribution in [1.82, 2.24) is 15.5 Å². The molecule has 1 saturated carbocycles. The van der Waals surface area contributed by atoms with Crippen LogP contribution >= 0.6 is 0 Å². The Morgan fingerprint density at radius 3 is 2.89 bits per heavy atom. The van der Waals surface area contributed by atoms with E-state index < -0.39 is 0 Å². The molecule has 0 bridgehead atoms. The van der Waals surface area contributed by atoms with Gasteiger partial charge in [0.05, 0.1) is 5.92 Å². The van der Waals surface area contributed by atoms with Crippen molar-refractivity contribution in [1.29, 1.82) is 0 Å². The Morgan fingerprint density at radius 1 is 1.37 bits per heavy atom. The van der Waals surface area contributed by atoms with Crippen molar-refractivity contribution >= 4 is 0 Å². The number of piperidine rings is 1. The zero-order valence-corrected chi connectivity index (χ0v) is 11.7. The van der Waals surface area contributed by atoms with E-state index in [0.717, 1.165) is 44.1 Å². The quantitative estimate of drug-likeness (QED) is 0.905. The summed E-state index contributed by atoms with van der Waals surface area (Å²) < 4.78 is 11.5. The van der Waals surface area contributed by atoms with E-state index in [-0.39, 0.29) is 5.60 Å². The van der Waals surface area contributed by atoms with Gasteiger partial charge < -0.3 is 14.6 Å².